The molecule has 2 N–H and O–H groups in total. The fourth-order valence-electron chi connectivity index (χ4n) is 3.63. The molecule has 1 atom stereocenters. The Morgan fingerprint density at radius 3 is 2.61 bits per heavy atom. The number of carbonyl (C=O) groups is 2. The number of furan rings is 1. The minimum Gasteiger partial charge on any atom is -0.497 e. The molecule has 0 radical (unpaired) electrons. The van der Waals surface area contributed by atoms with Gasteiger partial charge in [0, 0.05) is 35.1 Å². The van der Waals surface area contributed by atoms with Crippen LogP contribution in [0.1, 0.15) is 12.5 Å². The molecule has 1 unspecified atom stereocenters. The third kappa shape index (κ3) is 3.94. The van der Waals surface area contributed by atoms with Crippen LogP contribution in [0, 0.1) is 0 Å². The molecule has 7 nitrogen and oxygen atoms in total. The topological polar surface area (TPSA) is 93.5 Å². The highest BCUT2D eigenvalue weighted by molar-refractivity contribution is 6.06. The van der Waals surface area contributed by atoms with Crippen LogP contribution < -0.4 is 15.4 Å². The quantitative estimate of drug-likeness (QED) is 0.501. The molecule has 0 saturated carbocycles. The van der Waals surface area contributed by atoms with E-state index in [0.717, 1.165) is 33.2 Å². The molecular formula is C24H23N3O4. The normalized spacial score (nSPS) is 12.0. The highest BCUT2D eigenvalue weighted by Crippen LogP contribution is 2.37. The van der Waals surface area contributed by atoms with E-state index in [2.05, 4.69) is 15.6 Å². The number of carbonyl (C=O) groups excluding carboxylic acids is 2. The fraction of sp³-hybridized carbons (Fsp3) is 0.208. The Kier molecular flexibility index (Phi) is 5.58. The van der Waals surface area contributed by atoms with Crippen LogP contribution in [-0.4, -0.2) is 37.0 Å². The number of hydrogen-bond acceptors (Lipinski definition) is 5. The lowest BCUT2D eigenvalue weighted by molar-refractivity contribution is -0.127. The summed E-state index contributed by atoms with van der Waals surface area (Å²) in [6.07, 6.45) is 1.78. The second-order valence-corrected chi connectivity index (χ2v) is 7.24. The summed E-state index contributed by atoms with van der Waals surface area (Å²) in [5.74, 6) is 0.801. The molecule has 0 aliphatic rings. The average molecular weight is 417 g/mol. The third-order valence-electron chi connectivity index (χ3n) is 5.24. The van der Waals surface area contributed by atoms with E-state index in [1.165, 1.54) is 7.05 Å². The van der Waals surface area contributed by atoms with Gasteiger partial charge in [-0.25, -0.2) is 0 Å². The third-order valence-corrected chi connectivity index (χ3v) is 5.24. The van der Waals surface area contributed by atoms with Crippen LogP contribution in [0.25, 0.3) is 33.2 Å². The Hall–Kier alpha value is -3.87. The number of nitrogens with one attached hydrogen (secondary N) is 2. The van der Waals surface area contributed by atoms with Gasteiger partial charge >= 0.3 is 0 Å². The smallest absolute Gasteiger partial charge is 0.242 e. The van der Waals surface area contributed by atoms with Crippen molar-refractivity contribution in [3.8, 4) is 17.1 Å². The van der Waals surface area contributed by atoms with Gasteiger partial charge in [-0.2, -0.15) is 0 Å². The van der Waals surface area contributed by atoms with Crippen molar-refractivity contribution in [3.05, 3.63) is 60.3 Å². The second-order valence-electron chi connectivity index (χ2n) is 7.24. The minimum absolute atomic E-state index is 0.0635. The minimum atomic E-state index is -0.636. The SMILES string of the molecule is CNC(=O)C(C)NC(=O)Cc1c(-c2ccc(OC)cc2)oc2c1ccc1cccnc12. The number of hydrogen-bond donors (Lipinski definition) is 2. The van der Waals surface area contributed by atoms with E-state index in [4.69, 9.17) is 9.15 Å². The number of likely N-dealkylation sites (N-methyl/N-ethyl adjacent to an activating group) is 1. The van der Waals surface area contributed by atoms with Crippen molar-refractivity contribution in [1.29, 1.82) is 0 Å². The largest absolute Gasteiger partial charge is 0.497 e. The summed E-state index contributed by atoms with van der Waals surface area (Å²) in [6.45, 7) is 1.64. The molecule has 2 aromatic heterocycles. The number of aromatic nitrogens is 1. The summed E-state index contributed by atoms with van der Waals surface area (Å²) in [7, 11) is 3.14. The highest BCUT2D eigenvalue weighted by atomic mass is 16.5. The predicted molar refractivity (Wildman–Crippen MR) is 119 cm³/mol. The first-order valence-corrected chi connectivity index (χ1v) is 9.96. The van der Waals surface area contributed by atoms with Crippen molar-refractivity contribution < 1.29 is 18.7 Å². The monoisotopic (exact) mass is 417 g/mol. The van der Waals surface area contributed by atoms with E-state index >= 15 is 0 Å². The van der Waals surface area contributed by atoms with Crippen LogP contribution in [0.5, 0.6) is 5.75 Å². The molecular weight excluding hydrogens is 394 g/mol. The van der Waals surface area contributed by atoms with Gasteiger partial charge in [0.25, 0.3) is 0 Å². The maximum atomic E-state index is 12.8. The van der Waals surface area contributed by atoms with Gasteiger partial charge in [0.05, 0.1) is 13.5 Å². The number of pyridine rings is 1. The van der Waals surface area contributed by atoms with E-state index in [0.29, 0.717) is 11.3 Å². The Morgan fingerprint density at radius 2 is 1.90 bits per heavy atom. The second kappa shape index (κ2) is 8.47. The summed E-state index contributed by atoms with van der Waals surface area (Å²) in [5.41, 5.74) is 2.93. The number of amides is 2. The first kappa shape index (κ1) is 20.4. The summed E-state index contributed by atoms with van der Waals surface area (Å²) in [5, 5.41) is 7.05. The summed E-state index contributed by atoms with van der Waals surface area (Å²) in [4.78, 5) is 29.0. The van der Waals surface area contributed by atoms with Gasteiger partial charge in [0.2, 0.25) is 11.8 Å². The summed E-state index contributed by atoms with van der Waals surface area (Å²) >= 11 is 0. The molecule has 31 heavy (non-hydrogen) atoms. The van der Waals surface area contributed by atoms with Crippen LogP contribution in [0.3, 0.4) is 0 Å². The zero-order valence-electron chi connectivity index (χ0n) is 17.6. The Labute approximate surface area is 179 Å². The molecule has 0 bridgehead atoms. The summed E-state index contributed by atoms with van der Waals surface area (Å²) in [6, 6.07) is 14.6. The van der Waals surface area contributed by atoms with Gasteiger partial charge in [0.1, 0.15) is 23.1 Å². The molecule has 158 valence electrons. The van der Waals surface area contributed by atoms with Gasteiger partial charge in [-0.3, -0.25) is 14.6 Å². The van der Waals surface area contributed by atoms with Crippen molar-refractivity contribution in [1.82, 2.24) is 15.6 Å². The van der Waals surface area contributed by atoms with Crippen LogP contribution in [-0.2, 0) is 16.0 Å². The molecule has 0 spiro atoms. The van der Waals surface area contributed by atoms with Crippen LogP contribution in [0.2, 0.25) is 0 Å². The molecule has 4 rings (SSSR count). The molecule has 7 heteroatoms. The number of fused-ring (bicyclic) bond motifs is 3. The van der Waals surface area contributed by atoms with Crippen molar-refractivity contribution in [3.63, 3.8) is 0 Å². The van der Waals surface area contributed by atoms with E-state index in [9.17, 15) is 9.59 Å². The number of nitrogens with zero attached hydrogens (tertiary/aromatic N) is 1. The average Bonchev–Trinajstić information content (AvgIpc) is 3.17. The van der Waals surface area contributed by atoms with Gasteiger partial charge in [-0.15, -0.1) is 0 Å². The first-order valence-electron chi connectivity index (χ1n) is 9.96. The Balaban J connectivity index is 1.81. The van der Waals surface area contributed by atoms with Crippen molar-refractivity contribution >= 4 is 33.7 Å². The number of methoxy groups -OCH3 is 1. The molecule has 2 heterocycles. The number of benzene rings is 2. The van der Waals surface area contributed by atoms with Crippen molar-refractivity contribution in [2.45, 2.75) is 19.4 Å². The van der Waals surface area contributed by atoms with E-state index in [-0.39, 0.29) is 18.2 Å². The lowest BCUT2D eigenvalue weighted by atomic mass is 10.0. The maximum absolute atomic E-state index is 12.8. The van der Waals surface area contributed by atoms with E-state index in [1.54, 1.807) is 20.2 Å². The molecule has 2 amide bonds. The number of rotatable bonds is 6. The zero-order valence-corrected chi connectivity index (χ0v) is 17.6. The molecule has 0 aliphatic heterocycles. The summed E-state index contributed by atoms with van der Waals surface area (Å²) < 4.78 is 11.5. The van der Waals surface area contributed by atoms with Crippen LogP contribution in [0.4, 0.5) is 0 Å². The lowest BCUT2D eigenvalue weighted by Crippen LogP contribution is -2.44. The van der Waals surface area contributed by atoms with Crippen LogP contribution >= 0.6 is 0 Å². The standard InChI is InChI=1S/C24H23N3O4/c1-14(24(29)25-2)27-20(28)13-19-18-11-8-15-5-4-12-26-21(15)23(18)31-22(19)16-6-9-17(30-3)10-7-16/h4-12,14H,13H2,1-3H3,(H,25,29)(H,27,28). The Morgan fingerprint density at radius 1 is 1.13 bits per heavy atom. The molecule has 4 aromatic rings. The molecule has 0 fully saturated rings. The molecule has 0 aliphatic carbocycles. The molecule has 2 aromatic carbocycles. The lowest BCUT2D eigenvalue weighted by Gasteiger charge is -2.12. The van der Waals surface area contributed by atoms with Gasteiger partial charge in [-0.05, 0) is 37.3 Å². The Bertz CT molecular complexity index is 1260. The maximum Gasteiger partial charge on any atom is 0.242 e. The van der Waals surface area contributed by atoms with E-state index < -0.39 is 6.04 Å². The fourth-order valence-corrected chi connectivity index (χ4v) is 3.63. The van der Waals surface area contributed by atoms with Gasteiger partial charge in [-0.1, -0.05) is 18.2 Å². The first-order chi connectivity index (χ1) is 15.0. The highest BCUT2D eigenvalue weighted by Gasteiger charge is 2.22. The van der Waals surface area contributed by atoms with Crippen molar-refractivity contribution in [2.24, 2.45) is 0 Å². The van der Waals surface area contributed by atoms with Gasteiger partial charge in [0.15, 0.2) is 5.58 Å². The predicted octanol–water partition coefficient (Wildman–Crippen LogP) is 3.45. The van der Waals surface area contributed by atoms with Gasteiger partial charge < -0.3 is 19.8 Å². The van der Waals surface area contributed by atoms with Crippen LogP contribution in [0.15, 0.2) is 59.1 Å². The van der Waals surface area contributed by atoms with E-state index in [1.807, 2.05) is 48.5 Å². The zero-order chi connectivity index (χ0) is 22.0. The molecule has 0 saturated heterocycles. The van der Waals surface area contributed by atoms with Crippen molar-refractivity contribution in [2.75, 3.05) is 14.2 Å². The number of ether oxygens (including phenoxy) is 1.